The fourth-order valence-electron chi connectivity index (χ4n) is 1.31. The molecule has 0 amide bonds. The molecular weight excluding hydrogens is 244 g/mol. The molecule has 1 aliphatic heterocycles. The highest BCUT2D eigenvalue weighted by Gasteiger charge is 2.24. The lowest BCUT2D eigenvalue weighted by Crippen LogP contribution is -2.39. The topological polar surface area (TPSA) is 133 Å². The van der Waals surface area contributed by atoms with Crippen molar-refractivity contribution in [1.29, 1.82) is 0 Å². The minimum absolute atomic E-state index is 0.0681. The number of amidine groups is 1. The lowest BCUT2D eigenvalue weighted by Gasteiger charge is -2.26. The third kappa shape index (κ3) is 2.30. The van der Waals surface area contributed by atoms with Crippen molar-refractivity contribution in [2.45, 2.75) is 6.10 Å². The van der Waals surface area contributed by atoms with Crippen LogP contribution in [-0.2, 0) is 4.74 Å². The zero-order valence-electron chi connectivity index (χ0n) is 9.15. The second-order valence-corrected chi connectivity index (χ2v) is 3.57. The van der Waals surface area contributed by atoms with E-state index in [4.69, 9.17) is 20.4 Å². The predicted octanol–water partition coefficient (Wildman–Crippen LogP) is -0.138. The van der Waals surface area contributed by atoms with Crippen molar-refractivity contribution in [2.24, 2.45) is 10.9 Å². The zero-order valence-corrected chi connectivity index (χ0v) is 9.15. The van der Waals surface area contributed by atoms with Crippen LogP contribution in [0.25, 0.3) is 0 Å². The third-order valence-corrected chi connectivity index (χ3v) is 2.32. The molecule has 0 saturated carbocycles. The van der Waals surface area contributed by atoms with Crippen molar-refractivity contribution in [3.63, 3.8) is 0 Å². The van der Waals surface area contributed by atoms with Gasteiger partial charge in [0.15, 0.2) is 5.84 Å². The molecular formula is C9H10N4O5. The summed E-state index contributed by atoms with van der Waals surface area (Å²) in [6.45, 7) is 0.822. The molecule has 1 aromatic heterocycles. The maximum Gasteiger partial charge on any atom is 0.288 e. The molecule has 0 bridgehead atoms. The molecule has 3 N–H and O–H groups in total. The lowest BCUT2D eigenvalue weighted by molar-refractivity contribution is -0.385. The summed E-state index contributed by atoms with van der Waals surface area (Å²) in [5.41, 5.74) is 5.22. The molecule has 0 aliphatic carbocycles. The Morgan fingerprint density at radius 1 is 1.72 bits per heavy atom. The summed E-state index contributed by atoms with van der Waals surface area (Å²) < 4.78 is 10.3. The molecule has 18 heavy (non-hydrogen) atoms. The third-order valence-electron chi connectivity index (χ3n) is 2.32. The van der Waals surface area contributed by atoms with Crippen molar-refractivity contribution in [3.05, 3.63) is 27.9 Å². The fourth-order valence-corrected chi connectivity index (χ4v) is 1.31. The van der Waals surface area contributed by atoms with E-state index >= 15 is 0 Å². The molecule has 1 aliphatic rings. The van der Waals surface area contributed by atoms with E-state index in [-0.39, 0.29) is 29.1 Å². The van der Waals surface area contributed by atoms with Crippen LogP contribution < -0.4 is 10.5 Å². The average Bonchev–Trinajstić information content (AvgIpc) is 2.32. The summed E-state index contributed by atoms with van der Waals surface area (Å²) in [7, 11) is 0. The first-order valence-electron chi connectivity index (χ1n) is 4.98. The number of hydrogen-bond acceptors (Lipinski definition) is 7. The molecule has 96 valence electrons. The van der Waals surface area contributed by atoms with Gasteiger partial charge in [-0.2, -0.15) is 0 Å². The van der Waals surface area contributed by atoms with Crippen LogP contribution in [0, 0.1) is 10.1 Å². The van der Waals surface area contributed by atoms with Gasteiger partial charge >= 0.3 is 0 Å². The predicted molar refractivity (Wildman–Crippen MR) is 58.6 cm³/mol. The summed E-state index contributed by atoms with van der Waals surface area (Å²) in [5.74, 6) is -0.231. The summed E-state index contributed by atoms with van der Waals surface area (Å²) in [4.78, 5) is 13.8. The lowest BCUT2D eigenvalue weighted by atomic mass is 10.2. The van der Waals surface area contributed by atoms with E-state index in [1.807, 2.05) is 0 Å². The van der Waals surface area contributed by atoms with Crippen molar-refractivity contribution < 1.29 is 19.6 Å². The molecule has 0 aromatic carbocycles. The normalized spacial score (nSPS) is 16.1. The molecule has 0 atom stereocenters. The van der Waals surface area contributed by atoms with E-state index in [1.165, 1.54) is 0 Å². The van der Waals surface area contributed by atoms with Crippen molar-refractivity contribution in [3.8, 4) is 5.88 Å². The van der Waals surface area contributed by atoms with E-state index in [1.54, 1.807) is 0 Å². The van der Waals surface area contributed by atoms with Gasteiger partial charge in [-0.05, 0) is 0 Å². The maximum atomic E-state index is 10.6. The van der Waals surface area contributed by atoms with Crippen molar-refractivity contribution in [2.75, 3.05) is 13.2 Å². The Balaban J connectivity index is 2.34. The number of nitro groups is 1. The molecule has 1 saturated heterocycles. The highest BCUT2D eigenvalue weighted by atomic mass is 16.6. The van der Waals surface area contributed by atoms with Gasteiger partial charge in [-0.25, -0.2) is 4.98 Å². The average molecular weight is 254 g/mol. The highest BCUT2D eigenvalue weighted by Crippen LogP contribution is 2.23. The number of hydrogen-bond donors (Lipinski definition) is 2. The molecule has 2 heterocycles. The number of aromatic nitrogens is 1. The van der Waals surface area contributed by atoms with E-state index < -0.39 is 4.92 Å². The van der Waals surface area contributed by atoms with Gasteiger partial charge in [0.2, 0.25) is 5.88 Å². The van der Waals surface area contributed by atoms with Gasteiger partial charge in [0.05, 0.1) is 23.7 Å². The van der Waals surface area contributed by atoms with Crippen molar-refractivity contribution in [1.82, 2.24) is 4.98 Å². The van der Waals surface area contributed by atoms with Gasteiger partial charge in [0, 0.05) is 6.07 Å². The molecule has 9 nitrogen and oxygen atoms in total. The highest BCUT2D eigenvalue weighted by molar-refractivity contribution is 5.99. The van der Waals surface area contributed by atoms with Gasteiger partial charge in [-0.15, -0.1) is 0 Å². The van der Waals surface area contributed by atoms with Gasteiger partial charge in [-0.3, -0.25) is 10.1 Å². The van der Waals surface area contributed by atoms with E-state index in [0.29, 0.717) is 13.2 Å². The standard InChI is InChI=1S/C9H10N4O5/c10-8(12-14)7-1-5(13(15)16)2-11-9(7)18-6-3-17-4-6/h1-2,6,14H,3-4H2,(H2,10,12). The van der Waals surface area contributed by atoms with Crippen LogP contribution in [0.2, 0.25) is 0 Å². The first kappa shape index (κ1) is 12.0. The minimum Gasteiger partial charge on any atom is -0.469 e. The Bertz CT molecular complexity index is 500. The Hall–Kier alpha value is -2.42. The molecule has 2 rings (SSSR count). The molecule has 0 spiro atoms. The molecule has 0 unspecified atom stereocenters. The Morgan fingerprint density at radius 3 is 2.94 bits per heavy atom. The van der Waals surface area contributed by atoms with Crippen LogP contribution in [0.4, 0.5) is 5.69 Å². The number of rotatable bonds is 4. The largest absolute Gasteiger partial charge is 0.469 e. The summed E-state index contributed by atoms with van der Waals surface area (Å²) in [6, 6.07) is 1.14. The zero-order chi connectivity index (χ0) is 13.1. The van der Waals surface area contributed by atoms with Crippen molar-refractivity contribution >= 4 is 11.5 Å². The van der Waals surface area contributed by atoms with Crippen LogP contribution in [0.3, 0.4) is 0 Å². The molecule has 9 heteroatoms. The Kier molecular flexibility index (Phi) is 3.24. The van der Waals surface area contributed by atoms with Gasteiger partial charge in [0.25, 0.3) is 5.69 Å². The number of nitrogens with zero attached hydrogens (tertiary/aromatic N) is 3. The Morgan fingerprint density at radius 2 is 2.44 bits per heavy atom. The minimum atomic E-state index is -0.628. The quantitative estimate of drug-likeness (QED) is 0.251. The molecule has 0 radical (unpaired) electrons. The van der Waals surface area contributed by atoms with Gasteiger partial charge in [-0.1, -0.05) is 5.16 Å². The van der Waals surface area contributed by atoms with Crippen LogP contribution >= 0.6 is 0 Å². The Labute approximate surface area is 101 Å². The van der Waals surface area contributed by atoms with Gasteiger partial charge < -0.3 is 20.4 Å². The molecule has 1 aromatic rings. The first-order chi connectivity index (χ1) is 8.61. The monoisotopic (exact) mass is 254 g/mol. The van der Waals surface area contributed by atoms with Gasteiger partial charge in [0.1, 0.15) is 12.3 Å². The first-order valence-corrected chi connectivity index (χ1v) is 4.98. The number of ether oxygens (including phenoxy) is 2. The SMILES string of the molecule is N/C(=N/O)c1cc([N+](=O)[O-])cnc1OC1COC1. The summed E-state index contributed by atoms with van der Waals surface area (Å²) >= 11 is 0. The summed E-state index contributed by atoms with van der Waals surface area (Å²) in [6.07, 6.45) is 0.868. The number of oxime groups is 1. The van der Waals surface area contributed by atoms with E-state index in [9.17, 15) is 10.1 Å². The van der Waals surface area contributed by atoms with Crippen LogP contribution in [-0.4, -0.2) is 40.3 Å². The van der Waals surface area contributed by atoms with Crippen LogP contribution in [0.5, 0.6) is 5.88 Å². The fraction of sp³-hybridized carbons (Fsp3) is 0.333. The van der Waals surface area contributed by atoms with E-state index in [2.05, 4.69) is 10.1 Å². The second-order valence-electron chi connectivity index (χ2n) is 3.57. The van der Waals surface area contributed by atoms with E-state index in [0.717, 1.165) is 12.3 Å². The number of nitrogens with two attached hydrogens (primary N) is 1. The number of pyridine rings is 1. The maximum absolute atomic E-state index is 10.6. The van der Waals surface area contributed by atoms with Crippen LogP contribution in [0.15, 0.2) is 17.4 Å². The second kappa shape index (κ2) is 4.84. The summed E-state index contributed by atoms with van der Waals surface area (Å²) in [5, 5.41) is 22.1. The molecule has 1 fully saturated rings. The van der Waals surface area contributed by atoms with Crippen LogP contribution in [0.1, 0.15) is 5.56 Å². The smallest absolute Gasteiger partial charge is 0.288 e.